The molecule has 3 heteroatoms. The minimum Gasteiger partial charge on any atom is -0.629 e. The van der Waals surface area contributed by atoms with Crippen LogP contribution in [0.3, 0.4) is 0 Å². The quantitative estimate of drug-likeness (QED) is 0.704. The molecular formula is C8H10NORf-. The van der Waals surface area contributed by atoms with Gasteiger partial charge in [0.1, 0.15) is 0 Å². The summed E-state index contributed by atoms with van der Waals surface area (Å²) in [5.41, 5.74) is 0.948. The molecule has 1 heterocycles. The molecule has 11 heavy (non-hydrogen) atoms. The molecule has 0 aliphatic carbocycles. The molecule has 1 aromatic heterocycles. The fourth-order valence-corrected chi connectivity index (χ4v) is 0.733. The third-order valence-electron chi connectivity index (χ3n) is 1.43. The molecule has 0 aliphatic rings. The average Bonchev–Trinajstić information content (AvgIpc) is 1.88. The molecule has 0 atom stereocenters. The van der Waals surface area contributed by atoms with Crippen LogP contribution in [0.2, 0.25) is 0 Å². The molecule has 56 valence electrons. The maximum Gasteiger partial charge on any atom is 0.0775 e. The van der Waals surface area contributed by atoms with Crippen molar-refractivity contribution >= 4 is 0 Å². The van der Waals surface area contributed by atoms with E-state index in [1.54, 1.807) is 6.20 Å². The molecule has 0 radical (unpaired) electrons. The summed E-state index contributed by atoms with van der Waals surface area (Å²) in [6.45, 7) is 4.14. The van der Waals surface area contributed by atoms with Crippen LogP contribution in [0.1, 0.15) is 25.3 Å². The van der Waals surface area contributed by atoms with Crippen LogP contribution in [0, 0.1) is 0 Å². The van der Waals surface area contributed by atoms with Gasteiger partial charge in [-0.05, 0) is 12.0 Å². The van der Waals surface area contributed by atoms with Crippen LogP contribution in [0.4, 0.5) is 0 Å². The third-order valence-corrected chi connectivity index (χ3v) is 1.43. The van der Waals surface area contributed by atoms with E-state index in [9.17, 15) is 4.79 Å². The van der Waals surface area contributed by atoms with Gasteiger partial charge in [-0.1, -0.05) is 25.5 Å². The van der Waals surface area contributed by atoms with Crippen molar-refractivity contribution in [3.63, 3.8) is 0 Å². The summed E-state index contributed by atoms with van der Waals surface area (Å²) in [5, 5.41) is 0. The molecule has 0 bridgehead atoms. The first kappa shape index (κ1) is 8.95. The van der Waals surface area contributed by atoms with Gasteiger partial charge in [0.05, 0.1) is 5.56 Å². The topological polar surface area (TPSA) is 31.2 Å². The van der Waals surface area contributed by atoms with Gasteiger partial charge in [-0.3, -0.25) is 0 Å². The Labute approximate surface area is 59.9 Å². The summed E-state index contributed by atoms with van der Waals surface area (Å²) in [7, 11) is 0. The van der Waals surface area contributed by atoms with E-state index in [0.29, 0.717) is 5.92 Å². The summed E-state index contributed by atoms with van der Waals surface area (Å²) in [5.74, 6) is 0.452. The Bertz CT molecular complexity index is 247. The Balaban J connectivity index is 0.000001000. The summed E-state index contributed by atoms with van der Waals surface area (Å²) in [4.78, 5) is 14.2. The summed E-state index contributed by atoms with van der Waals surface area (Å²) in [6.07, 6.45) is 1.63. The van der Waals surface area contributed by atoms with E-state index in [4.69, 9.17) is 0 Å². The third kappa shape index (κ3) is 1.97. The standard InChI is InChI=1S/C8H11NO.Rf/c1-6(2)7-3-4-8(10)9-5-7;/h3-6H,1-2H3,(H,9,10);/p-1. The van der Waals surface area contributed by atoms with Crippen molar-refractivity contribution in [2.45, 2.75) is 19.8 Å². The number of rotatable bonds is 1. The molecule has 0 N–H and O–H groups in total. The van der Waals surface area contributed by atoms with Crippen LogP contribution < -0.4 is 10.5 Å². The van der Waals surface area contributed by atoms with E-state index >= 15 is 0 Å². The van der Waals surface area contributed by atoms with Gasteiger partial charge in [0.15, 0.2) is 0 Å². The average molecular weight is 403 g/mol. The first-order valence-corrected chi connectivity index (χ1v) is 3.33. The largest absolute Gasteiger partial charge is 0.629 e. The Morgan fingerprint density at radius 2 is 2.00 bits per heavy atom. The molecule has 0 amide bonds. The predicted molar refractivity (Wildman–Crippen MR) is 40.1 cm³/mol. The molecule has 0 spiro atoms. The number of hydrogen-bond acceptors (Lipinski definition) is 1. The van der Waals surface area contributed by atoms with Crippen LogP contribution >= 0.6 is 0 Å². The number of hydrogen-bond donors (Lipinski definition) is 0. The molecule has 1 rings (SSSR count). The first-order valence-electron chi connectivity index (χ1n) is 3.33. The van der Waals surface area contributed by atoms with E-state index in [0.717, 1.165) is 5.56 Å². The second-order valence-corrected chi connectivity index (χ2v) is 2.58. The van der Waals surface area contributed by atoms with Crippen molar-refractivity contribution in [2.24, 2.45) is 0 Å². The summed E-state index contributed by atoms with van der Waals surface area (Å²) < 4.78 is 0. The van der Waals surface area contributed by atoms with Gasteiger partial charge in [-0.15, -0.1) is 0 Å². The van der Waals surface area contributed by atoms with Crippen molar-refractivity contribution in [1.82, 2.24) is 4.98 Å². The Morgan fingerprint density at radius 1 is 1.36 bits per heavy atom. The van der Waals surface area contributed by atoms with Gasteiger partial charge >= 0.3 is 0 Å². The molecule has 0 fully saturated rings. The molecular weight excluding hydrogens is 393 g/mol. The molecule has 0 aliphatic heterocycles. The molecule has 2 nitrogen and oxygen atoms in total. The maximum absolute atomic E-state index is 10.5. The molecule has 0 saturated carbocycles. The van der Waals surface area contributed by atoms with Crippen molar-refractivity contribution in [1.29, 1.82) is 0 Å². The van der Waals surface area contributed by atoms with E-state index in [1.807, 2.05) is 6.07 Å². The summed E-state index contributed by atoms with van der Waals surface area (Å²) >= 11 is 0. The normalized spacial score (nSPS) is 9.36. The Hall–Kier alpha value is -2.05. The predicted octanol–water partition coefficient (Wildman–Crippen LogP) is 1.13. The fraction of sp³-hybridized carbons (Fsp3) is 0.375. The SMILES string of the molecule is CC(C)c1ccc(=O)[n-]c1.[Rf]. The van der Waals surface area contributed by atoms with Gasteiger partial charge in [0.25, 0.3) is 0 Å². The van der Waals surface area contributed by atoms with E-state index < -0.39 is 0 Å². The van der Waals surface area contributed by atoms with E-state index in [-0.39, 0.29) is 5.56 Å². The number of pyridine rings is 1. The van der Waals surface area contributed by atoms with Crippen LogP contribution in [0.25, 0.3) is 0 Å². The Morgan fingerprint density at radius 3 is 2.36 bits per heavy atom. The zero-order valence-electron chi connectivity index (χ0n) is 6.87. The Kier molecular flexibility index (Phi) is 2.61. The number of aromatic nitrogens is 1. The van der Waals surface area contributed by atoms with E-state index in [1.165, 1.54) is 6.07 Å². The molecule has 0 unspecified atom stereocenters. The van der Waals surface area contributed by atoms with Crippen molar-refractivity contribution in [3.8, 4) is 0 Å². The van der Waals surface area contributed by atoms with Crippen molar-refractivity contribution < 1.29 is 0 Å². The van der Waals surface area contributed by atoms with Gasteiger partial charge < -0.3 is 9.78 Å². The van der Waals surface area contributed by atoms with E-state index in [2.05, 4.69) is 18.8 Å². The minimum atomic E-state index is -0.163. The monoisotopic (exact) mass is 403 g/mol. The van der Waals surface area contributed by atoms with Gasteiger partial charge in [-0.25, -0.2) is 0 Å². The number of nitrogens with zero attached hydrogens (tertiary/aromatic N) is 1. The second kappa shape index (κ2) is 3.20. The van der Waals surface area contributed by atoms with Crippen molar-refractivity contribution in [3.05, 3.63) is 34.2 Å². The van der Waals surface area contributed by atoms with Gasteiger partial charge in [0.2, 0.25) is 0 Å². The van der Waals surface area contributed by atoms with Gasteiger partial charge in [-0.2, -0.15) is 6.20 Å². The van der Waals surface area contributed by atoms with Crippen LogP contribution in [-0.2, 0) is 0 Å². The van der Waals surface area contributed by atoms with Crippen LogP contribution in [0.15, 0.2) is 23.1 Å². The first-order chi connectivity index (χ1) is 4.70. The fourth-order valence-electron chi connectivity index (χ4n) is 0.733. The molecule has 0 saturated heterocycles. The smallest absolute Gasteiger partial charge is 0.0775 e. The minimum absolute atomic E-state index is 0. The maximum atomic E-state index is 10.5. The second-order valence-electron chi connectivity index (χ2n) is 2.58. The van der Waals surface area contributed by atoms with Crippen LogP contribution in [0.5, 0.6) is 0 Å². The van der Waals surface area contributed by atoms with Crippen molar-refractivity contribution in [2.75, 3.05) is 0 Å². The van der Waals surface area contributed by atoms with Crippen LogP contribution in [-0.4, -0.2) is 0 Å². The van der Waals surface area contributed by atoms with Gasteiger partial charge in [0, 0.05) is 0 Å². The zero-order valence-corrected chi connectivity index (χ0v) is 13.3. The molecule has 0 aromatic carbocycles. The summed E-state index contributed by atoms with van der Waals surface area (Å²) in [6, 6.07) is 3.31. The molecule has 1 aromatic rings. The zero-order chi connectivity index (χ0) is 7.56.